The summed E-state index contributed by atoms with van der Waals surface area (Å²) in [5.41, 5.74) is 7.32. The van der Waals surface area contributed by atoms with E-state index in [4.69, 9.17) is 28.9 Å². The monoisotopic (exact) mass is 608 g/mol. The smallest absolute Gasteiger partial charge is 0.274 e. The number of nitrogens with zero attached hydrogens (tertiary/aromatic N) is 2. The first kappa shape index (κ1) is 28.3. The average Bonchev–Trinajstić information content (AvgIpc) is 3.21. The van der Waals surface area contributed by atoms with Gasteiger partial charge in [0, 0.05) is 21.8 Å². The number of aromatic nitrogens is 1. The number of nitriles is 1. The molecule has 5 rings (SSSR count). The minimum absolute atomic E-state index is 0.00998. The molecule has 1 aliphatic rings. The van der Waals surface area contributed by atoms with Crippen LogP contribution in [0.2, 0.25) is 10.0 Å². The zero-order valence-corrected chi connectivity index (χ0v) is 23.9. The Morgan fingerprint density at radius 1 is 1.07 bits per heavy atom. The van der Waals surface area contributed by atoms with Gasteiger partial charge in [-0.2, -0.15) is 5.26 Å². The number of allylic oxidation sites excluding steroid dienone is 1. The van der Waals surface area contributed by atoms with E-state index in [0.717, 1.165) is 33.1 Å². The molecule has 3 N–H and O–H groups in total. The topological polar surface area (TPSA) is 101 Å². The number of anilines is 1. The van der Waals surface area contributed by atoms with Crippen molar-refractivity contribution in [2.75, 3.05) is 5.32 Å². The van der Waals surface area contributed by atoms with E-state index in [1.54, 1.807) is 12.1 Å². The standard InChI is InChI=1S/C30H20Cl2F2N4O2S/c1-14-9-15(2)11-16(10-14)37-28(39)26-24(25-20(32)6-4-8-22(25)34)18(13-35)27(36)38-29(40)23(41-30(26)38)12-17-19(31)5-3-7-21(17)33/h3-12,24H,36H2,1-2H3,(H,37,39)/b23-12-. The van der Waals surface area contributed by atoms with E-state index in [2.05, 4.69) is 5.32 Å². The van der Waals surface area contributed by atoms with Crippen LogP contribution in [-0.4, -0.2) is 10.5 Å². The van der Waals surface area contributed by atoms with Crippen LogP contribution in [0, 0.1) is 36.8 Å². The van der Waals surface area contributed by atoms with Crippen molar-refractivity contribution in [3.8, 4) is 6.07 Å². The number of nitrogens with two attached hydrogens (primary N) is 1. The van der Waals surface area contributed by atoms with Gasteiger partial charge in [-0.25, -0.2) is 8.78 Å². The lowest BCUT2D eigenvalue weighted by atomic mass is 9.83. The highest BCUT2D eigenvalue weighted by Gasteiger charge is 2.38. The molecule has 0 radical (unpaired) electrons. The summed E-state index contributed by atoms with van der Waals surface area (Å²) in [5.74, 6) is -3.78. The molecule has 6 nitrogen and oxygen atoms in total. The van der Waals surface area contributed by atoms with Crippen LogP contribution in [0.3, 0.4) is 0 Å². The first-order valence-electron chi connectivity index (χ1n) is 12.2. The maximum Gasteiger partial charge on any atom is 0.274 e. The van der Waals surface area contributed by atoms with Gasteiger partial charge >= 0.3 is 0 Å². The molecular weight excluding hydrogens is 589 g/mol. The van der Waals surface area contributed by atoms with Crippen molar-refractivity contribution < 1.29 is 13.6 Å². The minimum atomic E-state index is -1.34. The number of hydrogen-bond acceptors (Lipinski definition) is 5. The molecule has 1 aromatic heterocycles. The molecule has 4 aromatic rings. The molecule has 0 fully saturated rings. The summed E-state index contributed by atoms with van der Waals surface area (Å²) in [5, 5.41) is 13.0. The molecule has 2 heterocycles. The van der Waals surface area contributed by atoms with Crippen LogP contribution in [0.25, 0.3) is 17.5 Å². The second kappa shape index (κ2) is 11.0. The van der Waals surface area contributed by atoms with Crippen molar-refractivity contribution >= 4 is 63.6 Å². The minimum Gasteiger partial charge on any atom is -0.384 e. The fourth-order valence-electron chi connectivity index (χ4n) is 4.87. The summed E-state index contributed by atoms with van der Waals surface area (Å²) < 4.78 is 31.0. The van der Waals surface area contributed by atoms with Crippen LogP contribution in [0.15, 0.2) is 65.0 Å². The molecule has 11 heteroatoms. The van der Waals surface area contributed by atoms with Gasteiger partial charge in [0.25, 0.3) is 11.5 Å². The van der Waals surface area contributed by atoms with Gasteiger partial charge in [-0.05, 0) is 67.4 Å². The Balaban J connectivity index is 1.88. The van der Waals surface area contributed by atoms with Crippen molar-refractivity contribution in [1.29, 1.82) is 5.26 Å². The Morgan fingerprint density at radius 2 is 1.71 bits per heavy atom. The maximum absolute atomic E-state index is 15.3. The number of halogens is 4. The van der Waals surface area contributed by atoms with Crippen molar-refractivity contribution in [2.24, 2.45) is 5.73 Å². The predicted octanol–water partition coefficient (Wildman–Crippen LogP) is 5.18. The van der Waals surface area contributed by atoms with Crippen molar-refractivity contribution in [3.63, 3.8) is 0 Å². The molecule has 0 saturated heterocycles. The van der Waals surface area contributed by atoms with Gasteiger partial charge in [0.15, 0.2) is 0 Å². The van der Waals surface area contributed by atoms with Crippen LogP contribution in [-0.2, 0) is 4.79 Å². The second-order valence-corrected chi connectivity index (χ2v) is 11.3. The van der Waals surface area contributed by atoms with Crippen molar-refractivity contribution in [3.05, 3.63) is 124 Å². The van der Waals surface area contributed by atoms with Gasteiger partial charge in [0.05, 0.1) is 32.7 Å². The Labute approximate surface area is 246 Å². The molecule has 1 aliphatic heterocycles. The highest BCUT2D eigenvalue weighted by Crippen LogP contribution is 2.41. The van der Waals surface area contributed by atoms with Crippen LogP contribution >= 0.6 is 34.5 Å². The van der Waals surface area contributed by atoms with E-state index < -0.39 is 29.0 Å². The van der Waals surface area contributed by atoms with Gasteiger partial charge in [0.1, 0.15) is 22.1 Å². The molecule has 0 saturated carbocycles. The lowest BCUT2D eigenvalue weighted by Gasteiger charge is -2.26. The number of carbonyl (C=O) groups excluding carboxylic acids is 1. The van der Waals surface area contributed by atoms with E-state index in [-0.39, 0.29) is 47.3 Å². The maximum atomic E-state index is 15.3. The lowest BCUT2D eigenvalue weighted by molar-refractivity contribution is -0.111. The molecule has 41 heavy (non-hydrogen) atoms. The van der Waals surface area contributed by atoms with E-state index in [1.807, 2.05) is 26.0 Å². The predicted molar refractivity (Wildman–Crippen MR) is 158 cm³/mol. The number of benzene rings is 3. The molecule has 0 aliphatic carbocycles. The molecule has 1 amide bonds. The fraction of sp³-hybridized carbons (Fsp3) is 0.100. The normalized spacial score (nSPS) is 15.1. The third kappa shape index (κ3) is 5.06. The zero-order chi connectivity index (χ0) is 29.6. The summed E-state index contributed by atoms with van der Waals surface area (Å²) in [6.07, 6.45) is 1.25. The van der Waals surface area contributed by atoms with Crippen LogP contribution in [0.5, 0.6) is 0 Å². The number of amides is 1. The van der Waals surface area contributed by atoms with Crippen LogP contribution in [0.4, 0.5) is 14.5 Å². The van der Waals surface area contributed by atoms with E-state index in [1.165, 1.54) is 36.4 Å². The highest BCUT2D eigenvalue weighted by molar-refractivity contribution is 7.07. The largest absolute Gasteiger partial charge is 0.384 e. The van der Waals surface area contributed by atoms with Gasteiger partial charge in [-0.3, -0.25) is 14.2 Å². The Morgan fingerprint density at radius 3 is 2.32 bits per heavy atom. The van der Waals surface area contributed by atoms with Crippen molar-refractivity contribution in [1.82, 2.24) is 4.57 Å². The van der Waals surface area contributed by atoms with Gasteiger partial charge in [-0.15, -0.1) is 11.3 Å². The summed E-state index contributed by atoms with van der Waals surface area (Å²) in [4.78, 5) is 27.6. The number of hydrogen-bond donors (Lipinski definition) is 2. The number of thiazole rings is 1. The number of rotatable bonds is 4. The van der Waals surface area contributed by atoms with Crippen LogP contribution in [0.1, 0.15) is 28.2 Å². The zero-order valence-electron chi connectivity index (χ0n) is 21.6. The molecular formula is C30H20Cl2F2N4O2S. The summed E-state index contributed by atoms with van der Waals surface area (Å²) in [6.45, 7) is 3.73. The first-order valence-corrected chi connectivity index (χ1v) is 13.7. The average molecular weight is 609 g/mol. The Kier molecular flexibility index (Phi) is 7.58. The lowest BCUT2D eigenvalue weighted by Crippen LogP contribution is -2.41. The molecule has 3 aromatic carbocycles. The van der Waals surface area contributed by atoms with Crippen LogP contribution < -0.4 is 25.8 Å². The van der Waals surface area contributed by atoms with Gasteiger partial charge in [0.2, 0.25) is 0 Å². The van der Waals surface area contributed by atoms with E-state index in [0.29, 0.717) is 5.69 Å². The first-order chi connectivity index (χ1) is 19.5. The number of aryl methyl sites for hydroxylation is 2. The SMILES string of the molecule is Cc1cc(C)cc(NC(=O)C2=c3s/c(=C\c4c(F)cccc4Cl)c(=O)n3C(N)=C(C#N)C2c2c(F)cccc2Cl)c1. The van der Waals surface area contributed by atoms with Crippen molar-refractivity contribution in [2.45, 2.75) is 19.8 Å². The molecule has 0 bridgehead atoms. The quantitative estimate of drug-likeness (QED) is 0.333. The second-order valence-electron chi connectivity index (χ2n) is 9.41. The van der Waals surface area contributed by atoms with E-state index in [9.17, 15) is 19.2 Å². The van der Waals surface area contributed by atoms with E-state index >= 15 is 4.39 Å². The van der Waals surface area contributed by atoms with Gasteiger partial charge in [-0.1, -0.05) is 41.4 Å². The number of nitrogens with one attached hydrogen (secondary N) is 1. The molecule has 206 valence electrons. The Bertz CT molecular complexity index is 1960. The van der Waals surface area contributed by atoms with Gasteiger partial charge < -0.3 is 11.1 Å². The Hall–Kier alpha value is -4.23. The fourth-order valence-corrected chi connectivity index (χ4v) is 6.51. The number of fused-ring (bicyclic) bond motifs is 1. The summed E-state index contributed by atoms with van der Waals surface area (Å²) >= 11 is 13.4. The highest BCUT2D eigenvalue weighted by atomic mass is 35.5. The summed E-state index contributed by atoms with van der Waals surface area (Å²) in [6, 6.07) is 15.4. The molecule has 0 spiro atoms. The molecule has 1 unspecified atom stereocenters. The number of carbonyl (C=O) groups is 1. The molecule has 1 atom stereocenters. The third-order valence-electron chi connectivity index (χ3n) is 6.56. The summed E-state index contributed by atoms with van der Waals surface area (Å²) in [7, 11) is 0. The third-order valence-corrected chi connectivity index (χ3v) is 8.32.